The summed E-state index contributed by atoms with van der Waals surface area (Å²) in [6.07, 6.45) is 4.95. The Labute approximate surface area is 178 Å². The van der Waals surface area contributed by atoms with E-state index in [0.29, 0.717) is 40.4 Å². The normalized spacial score (nSPS) is 10.6. The van der Waals surface area contributed by atoms with E-state index in [-0.39, 0.29) is 0 Å². The van der Waals surface area contributed by atoms with Crippen LogP contribution in [0.25, 0.3) is 11.3 Å². The van der Waals surface area contributed by atoms with Crippen molar-refractivity contribution in [2.24, 2.45) is 0 Å². The maximum atomic E-state index is 12.9. The van der Waals surface area contributed by atoms with Crippen molar-refractivity contribution in [2.45, 2.75) is 20.4 Å². The molecule has 0 aliphatic heterocycles. The van der Waals surface area contributed by atoms with Crippen molar-refractivity contribution in [3.8, 4) is 11.3 Å². The number of nitrogens with one attached hydrogen (secondary N) is 2. The van der Waals surface area contributed by atoms with Crippen LogP contribution in [-0.4, -0.2) is 26.6 Å². The lowest BCUT2D eigenvalue weighted by atomic mass is 10.1. The van der Waals surface area contributed by atoms with Gasteiger partial charge in [-0.25, -0.2) is 0 Å². The molecule has 8 nitrogen and oxygen atoms in total. The van der Waals surface area contributed by atoms with E-state index in [2.05, 4.69) is 20.9 Å². The number of carbonyl (C=O) groups excluding carboxylic acids is 2. The fourth-order valence-corrected chi connectivity index (χ4v) is 3.26. The number of hydrogen-bond acceptors (Lipinski definition) is 5. The highest BCUT2D eigenvalue weighted by atomic mass is 16.3. The molecule has 4 rings (SSSR count). The largest absolute Gasteiger partial charge is 0.466 e. The third-order valence-corrected chi connectivity index (χ3v) is 4.70. The van der Waals surface area contributed by atoms with Crippen molar-refractivity contribution >= 4 is 11.8 Å². The van der Waals surface area contributed by atoms with Gasteiger partial charge in [-0.1, -0.05) is 30.3 Å². The van der Waals surface area contributed by atoms with Gasteiger partial charge in [-0.2, -0.15) is 5.10 Å². The van der Waals surface area contributed by atoms with E-state index in [0.717, 1.165) is 5.56 Å². The third kappa shape index (κ3) is 4.53. The molecular formula is C23H21N5O3. The Morgan fingerprint density at radius 1 is 1.00 bits per heavy atom. The second-order valence-corrected chi connectivity index (χ2v) is 7.05. The van der Waals surface area contributed by atoms with Gasteiger partial charge >= 0.3 is 0 Å². The highest BCUT2D eigenvalue weighted by molar-refractivity contribution is 6.02. The zero-order valence-corrected chi connectivity index (χ0v) is 17.1. The molecule has 31 heavy (non-hydrogen) atoms. The fourth-order valence-electron chi connectivity index (χ4n) is 3.26. The van der Waals surface area contributed by atoms with E-state index < -0.39 is 11.8 Å². The summed E-state index contributed by atoms with van der Waals surface area (Å²) in [4.78, 5) is 29.4. The lowest BCUT2D eigenvalue weighted by Crippen LogP contribution is -2.41. The van der Waals surface area contributed by atoms with Crippen molar-refractivity contribution in [3.05, 3.63) is 95.3 Å². The topological polar surface area (TPSA) is 102 Å². The second kappa shape index (κ2) is 8.66. The molecule has 156 valence electrons. The molecule has 3 aromatic heterocycles. The number of nitrogens with zero attached hydrogens (tertiary/aromatic N) is 3. The Balaban J connectivity index is 1.57. The summed E-state index contributed by atoms with van der Waals surface area (Å²) in [5, 5.41) is 4.59. The van der Waals surface area contributed by atoms with Crippen LogP contribution in [0.15, 0.2) is 71.5 Å². The van der Waals surface area contributed by atoms with Gasteiger partial charge in [-0.15, -0.1) is 0 Å². The van der Waals surface area contributed by atoms with E-state index in [1.165, 1.54) is 0 Å². The molecule has 8 heteroatoms. The number of aromatic nitrogens is 3. The second-order valence-electron chi connectivity index (χ2n) is 7.05. The average molecular weight is 415 g/mol. The SMILES string of the molecule is Cc1cc(C(=O)NNC(=O)c2cn(Cc3ccccc3)nc2-c2cccnc2)c(C)o1. The summed E-state index contributed by atoms with van der Waals surface area (Å²) in [5.41, 5.74) is 7.82. The molecule has 1 aromatic carbocycles. The fraction of sp³-hybridized carbons (Fsp3) is 0.130. The number of benzene rings is 1. The number of carbonyl (C=O) groups is 2. The van der Waals surface area contributed by atoms with Crippen molar-refractivity contribution in [2.75, 3.05) is 0 Å². The number of pyridine rings is 1. The minimum absolute atomic E-state index is 0.323. The highest BCUT2D eigenvalue weighted by Crippen LogP contribution is 2.22. The first-order valence-corrected chi connectivity index (χ1v) is 9.71. The molecule has 0 unspecified atom stereocenters. The number of hydrogen-bond donors (Lipinski definition) is 2. The molecule has 2 N–H and O–H groups in total. The van der Waals surface area contributed by atoms with Gasteiger partial charge < -0.3 is 4.42 Å². The number of amides is 2. The molecule has 0 atom stereocenters. The molecule has 4 aromatic rings. The summed E-state index contributed by atoms with van der Waals surface area (Å²) in [7, 11) is 0. The van der Waals surface area contributed by atoms with Gasteiger partial charge in [0, 0.05) is 24.2 Å². The third-order valence-electron chi connectivity index (χ3n) is 4.70. The molecule has 0 aliphatic carbocycles. The van der Waals surface area contributed by atoms with E-state index >= 15 is 0 Å². The first-order chi connectivity index (χ1) is 15.0. The Morgan fingerprint density at radius 3 is 2.39 bits per heavy atom. The smallest absolute Gasteiger partial charge is 0.273 e. The number of rotatable bonds is 5. The van der Waals surface area contributed by atoms with Crippen molar-refractivity contribution in [1.82, 2.24) is 25.6 Å². The monoisotopic (exact) mass is 415 g/mol. The van der Waals surface area contributed by atoms with Crippen LogP contribution >= 0.6 is 0 Å². The predicted octanol–water partition coefficient (Wildman–Crippen LogP) is 3.28. The van der Waals surface area contributed by atoms with Gasteiger partial charge in [-0.3, -0.25) is 30.1 Å². The Hall–Kier alpha value is -4.20. The predicted molar refractivity (Wildman–Crippen MR) is 114 cm³/mol. The standard InChI is InChI=1S/C23H21N5O3/c1-15-11-19(16(2)31-15)22(29)25-26-23(30)20-14-28(13-17-7-4-3-5-8-17)27-21(20)18-9-6-10-24-12-18/h3-12,14H,13H2,1-2H3,(H,25,29)(H,26,30). The van der Waals surface area contributed by atoms with E-state index in [4.69, 9.17) is 4.42 Å². The lowest BCUT2D eigenvalue weighted by molar-refractivity contribution is 0.0846. The van der Waals surface area contributed by atoms with Crippen LogP contribution in [0.3, 0.4) is 0 Å². The van der Waals surface area contributed by atoms with Gasteiger partial charge in [0.1, 0.15) is 17.2 Å². The first-order valence-electron chi connectivity index (χ1n) is 9.71. The van der Waals surface area contributed by atoms with Crippen LogP contribution < -0.4 is 10.9 Å². The maximum absolute atomic E-state index is 12.9. The van der Waals surface area contributed by atoms with Crippen LogP contribution in [-0.2, 0) is 6.54 Å². The minimum atomic E-state index is -0.482. The van der Waals surface area contributed by atoms with E-state index in [1.807, 2.05) is 36.4 Å². The Bertz CT molecular complexity index is 1210. The van der Waals surface area contributed by atoms with Crippen molar-refractivity contribution in [1.29, 1.82) is 0 Å². The average Bonchev–Trinajstić information content (AvgIpc) is 3.35. The number of hydrazine groups is 1. The van der Waals surface area contributed by atoms with Crippen molar-refractivity contribution < 1.29 is 14.0 Å². The van der Waals surface area contributed by atoms with Crippen LogP contribution in [0.4, 0.5) is 0 Å². The Morgan fingerprint density at radius 2 is 1.74 bits per heavy atom. The number of furan rings is 1. The van der Waals surface area contributed by atoms with E-state index in [9.17, 15) is 9.59 Å². The molecule has 0 radical (unpaired) electrons. The summed E-state index contributed by atoms with van der Waals surface area (Å²) in [5.74, 6) is 0.165. The summed E-state index contributed by atoms with van der Waals surface area (Å²) >= 11 is 0. The zero-order chi connectivity index (χ0) is 21.8. The van der Waals surface area contributed by atoms with Crippen LogP contribution in [0.5, 0.6) is 0 Å². The lowest BCUT2D eigenvalue weighted by Gasteiger charge is -2.06. The van der Waals surface area contributed by atoms with Gasteiger partial charge in [0.25, 0.3) is 11.8 Å². The summed E-state index contributed by atoms with van der Waals surface area (Å²) < 4.78 is 7.06. The number of aryl methyl sites for hydroxylation is 2. The first kappa shape index (κ1) is 20.1. The molecule has 0 saturated carbocycles. The van der Waals surface area contributed by atoms with Crippen LogP contribution in [0.2, 0.25) is 0 Å². The molecule has 0 spiro atoms. The minimum Gasteiger partial charge on any atom is -0.466 e. The Kier molecular flexibility index (Phi) is 5.61. The molecule has 3 heterocycles. The molecule has 0 bridgehead atoms. The summed E-state index contributed by atoms with van der Waals surface area (Å²) in [6.45, 7) is 3.95. The van der Waals surface area contributed by atoms with Crippen LogP contribution in [0.1, 0.15) is 37.8 Å². The molecule has 0 fully saturated rings. The van der Waals surface area contributed by atoms with Gasteiger partial charge in [0.2, 0.25) is 0 Å². The van der Waals surface area contributed by atoms with Crippen molar-refractivity contribution in [3.63, 3.8) is 0 Å². The molecular weight excluding hydrogens is 394 g/mol. The molecule has 0 aliphatic rings. The molecule has 2 amide bonds. The summed E-state index contributed by atoms with van der Waals surface area (Å²) in [6, 6.07) is 15.0. The quantitative estimate of drug-likeness (QED) is 0.487. The van der Waals surface area contributed by atoms with Gasteiger partial charge in [0.15, 0.2) is 0 Å². The van der Waals surface area contributed by atoms with E-state index in [1.54, 1.807) is 49.3 Å². The van der Waals surface area contributed by atoms with Gasteiger partial charge in [0.05, 0.1) is 17.7 Å². The molecule has 0 saturated heterocycles. The maximum Gasteiger partial charge on any atom is 0.273 e. The zero-order valence-electron chi connectivity index (χ0n) is 17.1. The van der Waals surface area contributed by atoms with Gasteiger partial charge in [-0.05, 0) is 37.6 Å². The highest BCUT2D eigenvalue weighted by Gasteiger charge is 2.20. The van der Waals surface area contributed by atoms with Crippen LogP contribution in [0, 0.1) is 13.8 Å².